The molecule has 0 aliphatic heterocycles. The van der Waals surface area contributed by atoms with E-state index >= 15 is 0 Å². The number of benzene rings is 14. The molecule has 0 fully saturated rings. The van der Waals surface area contributed by atoms with E-state index in [-0.39, 0.29) is 5.41 Å². The molecule has 4 nitrogen and oxygen atoms in total. The lowest BCUT2D eigenvalue weighted by molar-refractivity contribution is 0.590. The highest BCUT2D eigenvalue weighted by molar-refractivity contribution is 6.25. The third kappa shape index (κ3) is 8.65. The third-order valence-corrected chi connectivity index (χ3v) is 19.5. The van der Waals surface area contributed by atoms with Crippen LogP contribution >= 0.6 is 0 Å². The first-order valence-electron chi connectivity index (χ1n) is 32.2. The SMILES string of the molecule is CC(C)c1ccc(N(c2ccc(-c3cccc4ccccc34)cc2)c2cc3c(c4oc5ccccc5c24)-c2c(cc(N(c4ccc(-c5cccc6ccccc56)cc4)c4ccc(C(C)(C)C)cc4)c4c2oc2ccccc24)C3(c2ccccc2)c2ccccc2)cc1. The molecule has 92 heavy (non-hydrogen) atoms. The van der Waals surface area contributed by atoms with Gasteiger partial charge in [0.25, 0.3) is 0 Å². The van der Waals surface area contributed by atoms with Gasteiger partial charge in [-0.3, -0.25) is 0 Å². The largest absolute Gasteiger partial charge is 0.455 e. The number of hydrogen-bond donors (Lipinski definition) is 0. The van der Waals surface area contributed by atoms with Crippen molar-refractivity contribution in [3.05, 3.63) is 337 Å². The van der Waals surface area contributed by atoms with Crippen molar-refractivity contribution in [2.75, 3.05) is 9.80 Å². The van der Waals surface area contributed by atoms with Crippen LogP contribution in [0, 0.1) is 0 Å². The zero-order chi connectivity index (χ0) is 61.8. The quantitative estimate of drug-likeness (QED) is 0.129. The summed E-state index contributed by atoms with van der Waals surface area (Å²) in [5.41, 5.74) is 22.1. The number of para-hydroxylation sites is 2. The molecule has 4 heteroatoms. The lowest BCUT2D eigenvalue weighted by Gasteiger charge is -2.36. The second kappa shape index (κ2) is 21.5. The summed E-state index contributed by atoms with van der Waals surface area (Å²) in [5.74, 6) is 0.353. The Kier molecular flexibility index (Phi) is 12.8. The second-order valence-electron chi connectivity index (χ2n) is 26.1. The predicted octanol–water partition coefficient (Wildman–Crippen LogP) is 24.8. The molecule has 0 amide bonds. The molecule has 0 spiro atoms. The monoisotopic (exact) mass is 1180 g/mol. The molecule has 16 aromatic rings. The van der Waals surface area contributed by atoms with Gasteiger partial charge in [-0.2, -0.15) is 0 Å². The fourth-order valence-electron chi connectivity index (χ4n) is 15.0. The molecule has 2 heterocycles. The van der Waals surface area contributed by atoms with Gasteiger partial charge in [0.2, 0.25) is 0 Å². The average molecular weight is 1180 g/mol. The van der Waals surface area contributed by atoms with Crippen LogP contribution in [-0.2, 0) is 10.8 Å². The molecule has 2 aromatic heterocycles. The smallest absolute Gasteiger partial charge is 0.145 e. The van der Waals surface area contributed by atoms with Gasteiger partial charge in [0, 0.05) is 44.6 Å². The lowest BCUT2D eigenvalue weighted by Crippen LogP contribution is -2.29. The summed E-state index contributed by atoms with van der Waals surface area (Å²) in [6.07, 6.45) is 0. The molecule has 0 unspecified atom stereocenters. The molecule has 0 saturated carbocycles. The van der Waals surface area contributed by atoms with Crippen LogP contribution < -0.4 is 9.80 Å². The highest BCUT2D eigenvalue weighted by Gasteiger charge is 2.51. The lowest BCUT2D eigenvalue weighted by atomic mass is 9.67. The molecule has 1 aliphatic carbocycles. The summed E-state index contributed by atoms with van der Waals surface area (Å²) in [7, 11) is 0. The van der Waals surface area contributed by atoms with E-state index in [2.05, 4.69) is 348 Å². The van der Waals surface area contributed by atoms with E-state index in [4.69, 9.17) is 8.83 Å². The van der Waals surface area contributed by atoms with Crippen LogP contribution in [0.5, 0.6) is 0 Å². The van der Waals surface area contributed by atoms with E-state index < -0.39 is 5.41 Å². The van der Waals surface area contributed by atoms with Crippen LogP contribution in [-0.4, -0.2) is 0 Å². The van der Waals surface area contributed by atoms with E-state index in [9.17, 15) is 0 Å². The number of furan rings is 2. The van der Waals surface area contributed by atoms with Crippen LogP contribution in [0.1, 0.15) is 73.9 Å². The Labute approximate surface area is 536 Å². The minimum absolute atomic E-state index is 0.0588. The number of anilines is 6. The first-order chi connectivity index (χ1) is 45.1. The average Bonchev–Trinajstić information content (AvgIpc) is 1.50. The summed E-state index contributed by atoms with van der Waals surface area (Å²) in [4.78, 5) is 4.94. The Balaban J connectivity index is 0.989. The first kappa shape index (κ1) is 54.9. The highest BCUT2D eigenvalue weighted by atomic mass is 16.3. The van der Waals surface area contributed by atoms with E-state index in [1.807, 2.05) is 0 Å². The van der Waals surface area contributed by atoms with Gasteiger partial charge in [0.05, 0.1) is 27.6 Å². The Morgan fingerprint density at radius 2 is 0.707 bits per heavy atom. The molecule has 0 atom stereocenters. The van der Waals surface area contributed by atoms with Crippen LogP contribution in [0.25, 0.3) is 98.8 Å². The number of fused-ring (bicyclic) bond motifs is 13. The van der Waals surface area contributed by atoms with Gasteiger partial charge in [-0.1, -0.05) is 265 Å². The Morgan fingerprint density at radius 1 is 0.348 bits per heavy atom. The van der Waals surface area contributed by atoms with Crippen molar-refractivity contribution in [2.24, 2.45) is 0 Å². The van der Waals surface area contributed by atoms with Gasteiger partial charge in [-0.05, 0) is 161 Å². The van der Waals surface area contributed by atoms with E-state index in [1.54, 1.807) is 0 Å². The number of hydrogen-bond acceptors (Lipinski definition) is 4. The van der Waals surface area contributed by atoms with Crippen LogP contribution in [0.15, 0.2) is 312 Å². The van der Waals surface area contributed by atoms with Crippen molar-refractivity contribution in [1.82, 2.24) is 0 Å². The molecular formula is C88H66N2O2. The number of rotatable bonds is 11. The van der Waals surface area contributed by atoms with Gasteiger partial charge in [0.1, 0.15) is 22.3 Å². The summed E-state index contributed by atoms with van der Waals surface area (Å²) < 4.78 is 15.2. The molecular weight excluding hydrogens is 1120 g/mol. The van der Waals surface area contributed by atoms with Crippen molar-refractivity contribution >= 4 is 99.5 Å². The van der Waals surface area contributed by atoms with Crippen molar-refractivity contribution in [3.63, 3.8) is 0 Å². The molecule has 0 bridgehead atoms. The molecule has 14 aromatic carbocycles. The normalized spacial score (nSPS) is 12.8. The predicted molar refractivity (Wildman–Crippen MR) is 386 cm³/mol. The maximum atomic E-state index is 7.63. The van der Waals surface area contributed by atoms with Crippen molar-refractivity contribution < 1.29 is 8.83 Å². The molecule has 0 N–H and O–H groups in total. The van der Waals surface area contributed by atoms with Crippen LogP contribution in [0.2, 0.25) is 0 Å². The Hall–Kier alpha value is -11.2. The minimum Gasteiger partial charge on any atom is -0.455 e. The van der Waals surface area contributed by atoms with Gasteiger partial charge in [0.15, 0.2) is 0 Å². The topological polar surface area (TPSA) is 32.8 Å². The Bertz CT molecular complexity index is 5450. The summed E-state index contributed by atoms with van der Waals surface area (Å²) in [6, 6.07) is 112. The van der Waals surface area contributed by atoms with E-state index in [0.29, 0.717) is 5.92 Å². The van der Waals surface area contributed by atoms with Crippen LogP contribution in [0.3, 0.4) is 0 Å². The summed E-state index contributed by atoms with van der Waals surface area (Å²) in [6.45, 7) is 11.4. The summed E-state index contributed by atoms with van der Waals surface area (Å²) >= 11 is 0. The molecule has 440 valence electrons. The number of nitrogens with zero attached hydrogens (tertiary/aromatic N) is 2. The van der Waals surface area contributed by atoms with Crippen molar-refractivity contribution in [1.29, 1.82) is 0 Å². The standard InChI is InChI=1S/C88H66N2O2/c1-56(2)57-38-46-65(47-39-57)89(66-48-40-60(41-49-66)71-34-20-24-58-22-12-14-30-69(58)71)77-54-75-83(85-81(77)73-32-16-18-36-79(73)91-85)84-76(88(75,63-26-8-6-9-27-63)64-28-10-7-11-29-64)55-78(82-74-33-17-19-37-80(74)92-86(82)84)90(68-52-44-62(45-53-68)87(3,4)5)67-50-42-61(43-51-67)72-35-21-25-59-23-13-15-31-70(59)72/h6-56H,1-5H3. The van der Waals surface area contributed by atoms with Crippen molar-refractivity contribution in [3.8, 4) is 33.4 Å². The van der Waals surface area contributed by atoms with E-state index in [0.717, 1.165) is 123 Å². The zero-order valence-corrected chi connectivity index (χ0v) is 52.2. The fraction of sp³-hybridized carbons (Fsp3) is 0.0909. The maximum absolute atomic E-state index is 7.63. The van der Waals surface area contributed by atoms with E-state index in [1.165, 1.54) is 43.8 Å². The van der Waals surface area contributed by atoms with Crippen molar-refractivity contribution in [2.45, 2.75) is 51.4 Å². The van der Waals surface area contributed by atoms with Crippen LogP contribution in [0.4, 0.5) is 34.1 Å². The van der Waals surface area contributed by atoms with Gasteiger partial charge in [-0.25, -0.2) is 0 Å². The van der Waals surface area contributed by atoms with Gasteiger partial charge >= 0.3 is 0 Å². The first-order valence-corrected chi connectivity index (χ1v) is 32.2. The third-order valence-electron chi connectivity index (χ3n) is 19.5. The maximum Gasteiger partial charge on any atom is 0.145 e. The van der Waals surface area contributed by atoms with Gasteiger partial charge in [-0.15, -0.1) is 0 Å². The molecule has 0 saturated heterocycles. The molecule has 17 rings (SSSR count). The van der Waals surface area contributed by atoms with Gasteiger partial charge < -0.3 is 18.6 Å². The Morgan fingerprint density at radius 3 is 1.12 bits per heavy atom. The minimum atomic E-state index is -0.942. The second-order valence-corrected chi connectivity index (χ2v) is 26.1. The summed E-state index contributed by atoms with van der Waals surface area (Å²) in [5, 5.41) is 8.99. The fourth-order valence-corrected chi connectivity index (χ4v) is 15.0. The zero-order valence-electron chi connectivity index (χ0n) is 52.2. The highest BCUT2D eigenvalue weighted by Crippen LogP contribution is 2.64. The molecule has 1 aliphatic rings. The molecule has 0 radical (unpaired) electrons.